The summed E-state index contributed by atoms with van der Waals surface area (Å²) in [5.74, 6) is -2.61. The number of carbonyl (C=O) groups excluding carboxylic acids is 2. The first-order valence-electron chi connectivity index (χ1n) is 8.58. The Balaban J connectivity index is 1.83. The second kappa shape index (κ2) is 8.34. The maximum absolute atomic E-state index is 13.4. The number of piperazine rings is 1. The van der Waals surface area contributed by atoms with E-state index >= 15 is 0 Å². The number of hydrogen-bond acceptors (Lipinski definition) is 5. The Labute approximate surface area is 156 Å². The van der Waals surface area contributed by atoms with Crippen molar-refractivity contribution in [3.05, 3.63) is 29.6 Å². The third-order valence-corrected chi connectivity index (χ3v) is 3.87. The Kier molecular flexibility index (Phi) is 6.37. The quantitative estimate of drug-likeness (QED) is 0.828. The van der Waals surface area contributed by atoms with Crippen LogP contribution in [0.4, 0.5) is 14.9 Å². The van der Waals surface area contributed by atoms with Gasteiger partial charge in [0.2, 0.25) is 5.91 Å². The minimum absolute atomic E-state index is 0.0853. The zero-order chi connectivity index (χ0) is 20.2. The molecule has 0 bridgehead atoms. The molecule has 1 aliphatic rings. The van der Waals surface area contributed by atoms with Crippen LogP contribution in [0.3, 0.4) is 0 Å². The van der Waals surface area contributed by atoms with Crippen LogP contribution in [-0.4, -0.2) is 71.2 Å². The zero-order valence-electron chi connectivity index (χ0n) is 15.6. The molecule has 0 saturated carbocycles. The number of ether oxygens (including phenoxy) is 1. The van der Waals surface area contributed by atoms with Gasteiger partial charge < -0.3 is 20.1 Å². The lowest BCUT2D eigenvalue weighted by atomic mass is 10.2. The number of aromatic carboxylic acids is 1. The van der Waals surface area contributed by atoms with Crippen molar-refractivity contribution in [1.82, 2.24) is 9.80 Å². The average Bonchev–Trinajstić information content (AvgIpc) is 2.55. The maximum atomic E-state index is 13.4. The Morgan fingerprint density at radius 3 is 2.37 bits per heavy atom. The van der Waals surface area contributed by atoms with Gasteiger partial charge in [0.25, 0.3) is 0 Å². The zero-order valence-corrected chi connectivity index (χ0v) is 15.6. The molecule has 0 atom stereocenters. The SMILES string of the molecule is CC(C)(C)OC(=O)N1CCN(CC(=O)Nc2ccc(F)c(C(=O)O)c2)CC1. The number of carbonyl (C=O) groups is 3. The Morgan fingerprint density at radius 2 is 1.81 bits per heavy atom. The molecular formula is C18H24FN3O5. The average molecular weight is 381 g/mol. The molecule has 1 saturated heterocycles. The fourth-order valence-electron chi connectivity index (χ4n) is 2.59. The normalized spacial score (nSPS) is 15.3. The Hall–Kier alpha value is -2.68. The van der Waals surface area contributed by atoms with Gasteiger partial charge in [-0.05, 0) is 39.0 Å². The lowest BCUT2D eigenvalue weighted by Crippen LogP contribution is -2.51. The summed E-state index contributed by atoms with van der Waals surface area (Å²) in [4.78, 5) is 38.6. The molecule has 2 N–H and O–H groups in total. The van der Waals surface area contributed by atoms with Gasteiger partial charge in [-0.1, -0.05) is 0 Å². The number of amides is 2. The van der Waals surface area contributed by atoms with Crippen molar-refractivity contribution in [2.24, 2.45) is 0 Å². The summed E-state index contributed by atoms with van der Waals surface area (Å²) in [6.45, 7) is 7.41. The number of nitrogens with one attached hydrogen (secondary N) is 1. The highest BCUT2D eigenvalue weighted by molar-refractivity contribution is 5.95. The standard InChI is InChI=1S/C18H24FN3O5/c1-18(2,3)27-17(26)22-8-6-21(7-9-22)11-15(23)20-12-4-5-14(19)13(10-12)16(24)25/h4-5,10H,6-9,11H2,1-3H3,(H,20,23)(H,24,25). The van der Waals surface area contributed by atoms with Gasteiger partial charge in [-0.15, -0.1) is 0 Å². The fourth-order valence-corrected chi connectivity index (χ4v) is 2.59. The monoisotopic (exact) mass is 381 g/mol. The van der Waals surface area contributed by atoms with E-state index < -0.39 is 23.0 Å². The summed E-state index contributed by atoms with van der Waals surface area (Å²) < 4.78 is 18.7. The highest BCUT2D eigenvalue weighted by Crippen LogP contribution is 2.15. The molecule has 8 nitrogen and oxygen atoms in total. The van der Waals surface area contributed by atoms with Gasteiger partial charge in [0.1, 0.15) is 11.4 Å². The van der Waals surface area contributed by atoms with Crippen molar-refractivity contribution >= 4 is 23.7 Å². The topological polar surface area (TPSA) is 99.2 Å². The third-order valence-electron chi connectivity index (χ3n) is 3.87. The van der Waals surface area contributed by atoms with Crippen LogP contribution in [0.5, 0.6) is 0 Å². The molecule has 0 aliphatic carbocycles. The van der Waals surface area contributed by atoms with E-state index in [4.69, 9.17) is 9.84 Å². The highest BCUT2D eigenvalue weighted by atomic mass is 19.1. The molecule has 1 aromatic carbocycles. The van der Waals surface area contributed by atoms with Gasteiger partial charge in [0.05, 0.1) is 12.1 Å². The molecular weight excluding hydrogens is 357 g/mol. The van der Waals surface area contributed by atoms with Crippen LogP contribution >= 0.6 is 0 Å². The van der Waals surface area contributed by atoms with E-state index in [0.29, 0.717) is 26.2 Å². The summed E-state index contributed by atoms with van der Waals surface area (Å²) in [6, 6.07) is 3.38. The molecule has 1 aliphatic heterocycles. The molecule has 2 amide bonds. The van der Waals surface area contributed by atoms with E-state index in [2.05, 4.69) is 5.32 Å². The van der Waals surface area contributed by atoms with Crippen LogP contribution in [0, 0.1) is 5.82 Å². The van der Waals surface area contributed by atoms with Crippen molar-refractivity contribution in [2.45, 2.75) is 26.4 Å². The number of hydrogen-bond donors (Lipinski definition) is 2. The first kappa shape index (κ1) is 20.6. The lowest BCUT2D eigenvalue weighted by molar-refractivity contribution is -0.117. The van der Waals surface area contributed by atoms with Gasteiger partial charge in [0.15, 0.2) is 0 Å². The van der Waals surface area contributed by atoms with Crippen LogP contribution in [0.15, 0.2) is 18.2 Å². The number of benzene rings is 1. The number of nitrogens with zero attached hydrogens (tertiary/aromatic N) is 2. The number of rotatable bonds is 4. The van der Waals surface area contributed by atoms with Crippen LogP contribution in [-0.2, 0) is 9.53 Å². The molecule has 27 heavy (non-hydrogen) atoms. The van der Waals surface area contributed by atoms with E-state index in [1.54, 1.807) is 25.7 Å². The molecule has 0 radical (unpaired) electrons. The predicted octanol–water partition coefficient (Wildman–Crippen LogP) is 2.02. The molecule has 148 valence electrons. The van der Waals surface area contributed by atoms with E-state index in [-0.39, 0.29) is 24.2 Å². The minimum Gasteiger partial charge on any atom is -0.478 e. The van der Waals surface area contributed by atoms with E-state index in [1.165, 1.54) is 6.07 Å². The fraction of sp³-hybridized carbons (Fsp3) is 0.500. The van der Waals surface area contributed by atoms with Crippen molar-refractivity contribution in [3.8, 4) is 0 Å². The third kappa shape index (κ3) is 6.21. The molecule has 9 heteroatoms. The Morgan fingerprint density at radius 1 is 1.19 bits per heavy atom. The van der Waals surface area contributed by atoms with Gasteiger partial charge in [0, 0.05) is 31.9 Å². The van der Waals surface area contributed by atoms with Gasteiger partial charge in [-0.25, -0.2) is 14.0 Å². The van der Waals surface area contributed by atoms with Crippen molar-refractivity contribution < 1.29 is 28.6 Å². The Bertz CT molecular complexity index is 724. The first-order chi connectivity index (χ1) is 12.5. The molecule has 1 fully saturated rings. The number of anilines is 1. The second-order valence-electron chi connectivity index (χ2n) is 7.29. The summed E-state index contributed by atoms with van der Waals surface area (Å²) in [5, 5.41) is 11.5. The van der Waals surface area contributed by atoms with Gasteiger partial charge in [-0.2, -0.15) is 0 Å². The molecule has 0 aromatic heterocycles. The summed E-state index contributed by atoms with van der Waals surface area (Å²) in [6.07, 6.45) is -0.376. The van der Waals surface area contributed by atoms with Crippen LogP contribution in [0.2, 0.25) is 0 Å². The van der Waals surface area contributed by atoms with Crippen LogP contribution in [0.25, 0.3) is 0 Å². The maximum Gasteiger partial charge on any atom is 0.410 e. The number of carboxylic acids is 1. The molecule has 1 heterocycles. The van der Waals surface area contributed by atoms with Crippen molar-refractivity contribution in [1.29, 1.82) is 0 Å². The van der Waals surface area contributed by atoms with E-state index in [0.717, 1.165) is 12.1 Å². The predicted molar refractivity (Wildman–Crippen MR) is 96.2 cm³/mol. The van der Waals surface area contributed by atoms with Crippen molar-refractivity contribution in [2.75, 3.05) is 38.0 Å². The molecule has 2 rings (SSSR count). The largest absolute Gasteiger partial charge is 0.478 e. The lowest BCUT2D eigenvalue weighted by Gasteiger charge is -2.35. The molecule has 0 spiro atoms. The molecule has 0 unspecified atom stereocenters. The second-order valence-corrected chi connectivity index (χ2v) is 7.29. The number of halogens is 1. The van der Waals surface area contributed by atoms with E-state index in [1.807, 2.05) is 4.90 Å². The molecule has 1 aromatic rings. The smallest absolute Gasteiger partial charge is 0.410 e. The summed E-state index contributed by atoms with van der Waals surface area (Å²) >= 11 is 0. The van der Waals surface area contributed by atoms with Crippen LogP contribution in [0.1, 0.15) is 31.1 Å². The van der Waals surface area contributed by atoms with Gasteiger partial charge in [-0.3, -0.25) is 9.69 Å². The first-order valence-corrected chi connectivity index (χ1v) is 8.58. The van der Waals surface area contributed by atoms with Crippen molar-refractivity contribution in [3.63, 3.8) is 0 Å². The van der Waals surface area contributed by atoms with Gasteiger partial charge >= 0.3 is 12.1 Å². The summed E-state index contributed by atoms with van der Waals surface area (Å²) in [7, 11) is 0. The highest BCUT2D eigenvalue weighted by Gasteiger charge is 2.26. The van der Waals surface area contributed by atoms with Crippen LogP contribution < -0.4 is 5.32 Å². The number of carboxylic acid groups (broad SMARTS) is 1. The minimum atomic E-state index is -1.40. The summed E-state index contributed by atoms with van der Waals surface area (Å²) in [5.41, 5.74) is -0.845. The van der Waals surface area contributed by atoms with E-state index in [9.17, 15) is 18.8 Å².